The average molecular weight is 442 g/mol. The first-order valence-electron chi connectivity index (χ1n) is 11.4. The van der Waals surface area contributed by atoms with E-state index in [1.807, 2.05) is 66.7 Å². The van der Waals surface area contributed by atoms with E-state index in [4.69, 9.17) is 4.99 Å². The van der Waals surface area contributed by atoms with Crippen molar-refractivity contribution in [3.63, 3.8) is 0 Å². The average Bonchev–Trinajstić information content (AvgIpc) is 2.75. The van der Waals surface area contributed by atoms with Gasteiger partial charge in [-0.1, -0.05) is 108 Å². The summed E-state index contributed by atoms with van der Waals surface area (Å²) in [4.78, 5) is 18.2. The number of aliphatic imine (C=N–C) groups is 1. The molecular formula is C30H35NO2. The lowest BCUT2D eigenvalue weighted by atomic mass is 9.78. The fourth-order valence-corrected chi connectivity index (χ4v) is 4.10. The van der Waals surface area contributed by atoms with Gasteiger partial charge in [-0.25, -0.2) is 0 Å². The number of carbonyl (C=O) groups excluding carboxylic acids is 1. The molecule has 1 N–H and O–H groups in total. The topological polar surface area (TPSA) is 49.7 Å². The maximum atomic E-state index is 13.2. The Kier molecular flexibility index (Phi) is 6.65. The molecule has 0 aliphatic rings. The number of carbonyl (C=O) groups is 1. The van der Waals surface area contributed by atoms with Crippen LogP contribution in [0.25, 0.3) is 0 Å². The molecule has 172 valence electrons. The molecule has 3 heteroatoms. The quantitative estimate of drug-likeness (QED) is 0.436. The van der Waals surface area contributed by atoms with Crippen LogP contribution in [0.2, 0.25) is 0 Å². The number of ketones is 1. The second kappa shape index (κ2) is 8.97. The standard InChI is InChI=1S/C30H35NO2/c1-21(32)30(23-14-10-8-11-15-23,24-16-12-9-13-17-24)31-20-22-18-25(28(2,3)4)19-26(27(22)33)29(5,6)7/h8-20,33H,1-7H3. The molecule has 0 atom stereocenters. The molecule has 0 saturated carbocycles. The number of nitrogens with zero attached hydrogens (tertiary/aromatic N) is 1. The predicted octanol–water partition coefficient (Wildman–Crippen LogP) is 6.94. The second-order valence-electron chi connectivity index (χ2n) is 10.7. The zero-order valence-electron chi connectivity index (χ0n) is 20.8. The van der Waals surface area contributed by atoms with Gasteiger partial charge in [0.05, 0.1) is 0 Å². The number of aromatic hydroxyl groups is 1. The molecule has 0 spiro atoms. The summed E-state index contributed by atoms with van der Waals surface area (Å²) in [6.07, 6.45) is 1.67. The Hall–Kier alpha value is -3.20. The van der Waals surface area contributed by atoms with Gasteiger partial charge in [0.2, 0.25) is 0 Å². The Bertz CT molecular complexity index is 1110. The van der Waals surface area contributed by atoms with Crippen LogP contribution in [-0.2, 0) is 21.2 Å². The Morgan fingerprint density at radius 2 is 1.24 bits per heavy atom. The van der Waals surface area contributed by atoms with E-state index in [1.54, 1.807) is 13.1 Å². The summed E-state index contributed by atoms with van der Waals surface area (Å²) in [6.45, 7) is 14.3. The van der Waals surface area contributed by atoms with Gasteiger partial charge in [-0.05, 0) is 40.5 Å². The van der Waals surface area contributed by atoms with Crippen molar-refractivity contribution in [2.45, 2.75) is 64.8 Å². The van der Waals surface area contributed by atoms with Gasteiger partial charge in [-0.15, -0.1) is 0 Å². The van der Waals surface area contributed by atoms with Gasteiger partial charge >= 0.3 is 0 Å². The monoisotopic (exact) mass is 441 g/mol. The number of hydrogen-bond donors (Lipinski definition) is 1. The molecule has 0 aliphatic carbocycles. The summed E-state index contributed by atoms with van der Waals surface area (Å²) in [5.74, 6) is 0.122. The number of Topliss-reactive ketones (excluding diaryl/α,β-unsaturated/α-hetero) is 1. The highest BCUT2D eigenvalue weighted by atomic mass is 16.3. The third kappa shape index (κ3) is 4.93. The van der Waals surface area contributed by atoms with Gasteiger partial charge in [-0.3, -0.25) is 9.79 Å². The summed E-state index contributed by atoms with van der Waals surface area (Å²) in [5, 5.41) is 11.2. The van der Waals surface area contributed by atoms with E-state index in [9.17, 15) is 9.90 Å². The summed E-state index contributed by atoms with van der Waals surface area (Å²) in [7, 11) is 0. The van der Waals surface area contributed by atoms with E-state index < -0.39 is 5.54 Å². The maximum absolute atomic E-state index is 13.2. The molecule has 3 nitrogen and oxygen atoms in total. The normalized spacial score (nSPS) is 12.8. The van der Waals surface area contributed by atoms with E-state index in [1.165, 1.54) is 0 Å². The Labute approximate surface area is 198 Å². The number of benzene rings is 3. The van der Waals surface area contributed by atoms with Crippen LogP contribution < -0.4 is 0 Å². The molecule has 3 rings (SSSR count). The largest absolute Gasteiger partial charge is 0.507 e. The van der Waals surface area contributed by atoms with Gasteiger partial charge in [0.25, 0.3) is 0 Å². The molecule has 0 radical (unpaired) electrons. The first-order chi connectivity index (χ1) is 15.4. The molecule has 3 aromatic rings. The maximum Gasteiger partial charge on any atom is 0.168 e. The van der Waals surface area contributed by atoms with Crippen molar-refractivity contribution >= 4 is 12.0 Å². The van der Waals surface area contributed by atoms with E-state index in [0.29, 0.717) is 5.56 Å². The van der Waals surface area contributed by atoms with Crippen molar-refractivity contribution in [1.29, 1.82) is 0 Å². The lowest BCUT2D eigenvalue weighted by molar-refractivity contribution is -0.120. The number of phenolic OH excluding ortho intramolecular Hbond substituents is 1. The number of phenols is 1. The molecule has 3 aromatic carbocycles. The molecule has 0 heterocycles. The summed E-state index contributed by atoms with van der Waals surface area (Å²) in [5.41, 5.74) is 2.63. The van der Waals surface area contributed by atoms with Crippen molar-refractivity contribution in [2.75, 3.05) is 0 Å². The van der Waals surface area contributed by atoms with Crippen LogP contribution >= 0.6 is 0 Å². The van der Waals surface area contributed by atoms with Crippen LogP contribution in [0, 0.1) is 0 Å². The number of hydrogen-bond acceptors (Lipinski definition) is 3. The van der Waals surface area contributed by atoms with Gasteiger partial charge in [-0.2, -0.15) is 0 Å². The van der Waals surface area contributed by atoms with E-state index in [2.05, 4.69) is 47.6 Å². The Morgan fingerprint density at radius 3 is 1.64 bits per heavy atom. The van der Waals surface area contributed by atoms with E-state index >= 15 is 0 Å². The van der Waals surface area contributed by atoms with Crippen molar-refractivity contribution < 1.29 is 9.90 Å². The minimum absolute atomic E-state index is 0.0846. The molecule has 0 aromatic heterocycles. The van der Waals surface area contributed by atoms with Crippen LogP contribution in [0.4, 0.5) is 0 Å². The van der Waals surface area contributed by atoms with Crippen LogP contribution in [-0.4, -0.2) is 17.1 Å². The van der Waals surface area contributed by atoms with Crippen LogP contribution in [0.15, 0.2) is 77.8 Å². The predicted molar refractivity (Wildman–Crippen MR) is 137 cm³/mol. The van der Waals surface area contributed by atoms with Crippen LogP contribution in [0.1, 0.15) is 76.3 Å². The van der Waals surface area contributed by atoms with Gasteiger partial charge < -0.3 is 5.11 Å². The Balaban J connectivity index is 2.30. The zero-order valence-corrected chi connectivity index (χ0v) is 20.8. The van der Waals surface area contributed by atoms with Gasteiger partial charge in [0.1, 0.15) is 5.75 Å². The molecule has 0 saturated heterocycles. The van der Waals surface area contributed by atoms with Crippen molar-refractivity contribution in [1.82, 2.24) is 0 Å². The zero-order chi connectivity index (χ0) is 24.4. The SMILES string of the molecule is CC(=O)C(N=Cc1cc(C(C)(C)C)cc(C(C)(C)C)c1O)(c1ccccc1)c1ccccc1. The first kappa shape index (κ1) is 24.4. The minimum atomic E-state index is -1.20. The smallest absolute Gasteiger partial charge is 0.168 e. The molecule has 0 aliphatic heterocycles. The van der Waals surface area contributed by atoms with E-state index in [-0.39, 0.29) is 22.4 Å². The summed E-state index contributed by atoms with van der Waals surface area (Å²) >= 11 is 0. The van der Waals surface area contributed by atoms with Crippen LogP contribution in [0.3, 0.4) is 0 Å². The van der Waals surface area contributed by atoms with Crippen molar-refractivity contribution in [3.05, 3.63) is 101 Å². The Morgan fingerprint density at radius 1 is 0.758 bits per heavy atom. The van der Waals surface area contributed by atoms with Crippen molar-refractivity contribution in [3.8, 4) is 5.75 Å². The minimum Gasteiger partial charge on any atom is -0.507 e. The highest BCUT2D eigenvalue weighted by molar-refractivity contribution is 5.95. The van der Waals surface area contributed by atoms with Gasteiger partial charge in [0, 0.05) is 17.3 Å². The fraction of sp³-hybridized carbons (Fsp3) is 0.333. The van der Waals surface area contributed by atoms with Gasteiger partial charge in [0.15, 0.2) is 11.3 Å². The fourth-order valence-electron chi connectivity index (χ4n) is 4.10. The first-order valence-corrected chi connectivity index (χ1v) is 11.4. The third-order valence-corrected chi connectivity index (χ3v) is 6.10. The highest BCUT2D eigenvalue weighted by Gasteiger charge is 2.38. The molecule has 0 bridgehead atoms. The lowest BCUT2D eigenvalue weighted by Gasteiger charge is -2.29. The lowest BCUT2D eigenvalue weighted by Crippen LogP contribution is -2.33. The molecular weight excluding hydrogens is 406 g/mol. The molecule has 33 heavy (non-hydrogen) atoms. The second-order valence-corrected chi connectivity index (χ2v) is 10.7. The third-order valence-electron chi connectivity index (χ3n) is 6.10. The molecule has 0 amide bonds. The summed E-state index contributed by atoms with van der Waals surface area (Å²) < 4.78 is 0. The highest BCUT2D eigenvalue weighted by Crippen LogP contribution is 2.39. The summed E-state index contributed by atoms with van der Waals surface area (Å²) in [6, 6.07) is 23.3. The number of rotatable bonds is 5. The van der Waals surface area contributed by atoms with Crippen LogP contribution in [0.5, 0.6) is 5.75 Å². The molecule has 0 unspecified atom stereocenters. The van der Waals surface area contributed by atoms with Crippen molar-refractivity contribution in [2.24, 2.45) is 4.99 Å². The van der Waals surface area contributed by atoms with E-state index in [0.717, 1.165) is 22.3 Å². The molecule has 0 fully saturated rings.